The monoisotopic (exact) mass is 230 g/mol. The Morgan fingerprint density at radius 3 is 2.87 bits per heavy atom. The molecule has 0 aromatic carbocycles. The summed E-state index contributed by atoms with van der Waals surface area (Å²) in [4.78, 5) is 0. The Morgan fingerprint density at radius 1 is 1.53 bits per heavy atom. The van der Waals surface area contributed by atoms with Gasteiger partial charge in [-0.05, 0) is 37.9 Å². The smallest absolute Gasteiger partial charge is 0.166 e. The summed E-state index contributed by atoms with van der Waals surface area (Å²) in [5.41, 5.74) is 0. The highest BCUT2D eigenvalue weighted by Crippen LogP contribution is 2.33. The lowest BCUT2D eigenvalue weighted by Gasteiger charge is -2.16. The lowest BCUT2D eigenvalue weighted by atomic mass is 10.2. The van der Waals surface area contributed by atoms with Crippen LogP contribution in [0.2, 0.25) is 0 Å². The number of methoxy groups -OCH3 is 1. The van der Waals surface area contributed by atoms with Crippen LogP contribution in [-0.2, 0) is 4.74 Å². The molecule has 1 aliphatic rings. The summed E-state index contributed by atoms with van der Waals surface area (Å²) in [6.45, 7) is 3.87. The standard InChI is InChI=1S/C11H22N2OS/c1-9(8-10-4-5-10)13-11(15)12-6-3-7-14-2/h9-10H,3-8H2,1-2H3,(H2,12,13,15). The Hall–Kier alpha value is -0.350. The van der Waals surface area contributed by atoms with Crippen molar-refractivity contribution >= 4 is 17.3 Å². The van der Waals surface area contributed by atoms with Crippen LogP contribution in [0.1, 0.15) is 32.6 Å². The van der Waals surface area contributed by atoms with Gasteiger partial charge >= 0.3 is 0 Å². The van der Waals surface area contributed by atoms with Gasteiger partial charge < -0.3 is 15.4 Å². The lowest BCUT2D eigenvalue weighted by molar-refractivity contribution is 0.195. The molecule has 15 heavy (non-hydrogen) atoms. The second kappa shape index (κ2) is 7.01. The normalized spacial score (nSPS) is 17.2. The predicted molar refractivity (Wildman–Crippen MR) is 67.0 cm³/mol. The van der Waals surface area contributed by atoms with E-state index < -0.39 is 0 Å². The first-order chi connectivity index (χ1) is 7.22. The van der Waals surface area contributed by atoms with Gasteiger partial charge in [0.25, 0.3) is 0 Å². The molecule has 0 aliphatic heterocycles. The second-order valence-electron chi connectivity index (χ2n) is 4.33. The van der Waals surface area contributed by atoms with E-state index in [1.807, 2.05) is 0 Å². The average Bonchev–Trinajstić information content (AvgIpc) is 2.96. The van der Waals surface area contributed by atoms with Crippen LogP contribution in [0.3, 0.4) is 0 Å². The number of hydrogen-bond acceptors (Lipinski definition) is 2. The molecule has 2 N–H and O–H groups in total. The van der Waals surface area contributed by atoms with Crippen LogP contribution in [0.5, 0.6) is 0 Å². The number of hydrogen-bond donors (Lipinski definition) is 2. The highest BCUT2D eigenvalue weighted by Gasteiger charge is 2.23. The third-order valence-corrected chi connectivity index (χ3v) is 2.83. The zero-order valence-electron chi connectivity index (χ0n) is 9.71. The first-order valence-corrected chi connectivity index (χ1v) is 6.16. The van der Waals surface area contributed by atoms with Crippen molar-refractivity contribution in [3.8, 4) is 0 Å². The first kappa shape index (κ1) is 12.7. The third-order valence-electron chi connectivity index (χ3n) is 2.57. The maximum atomic E-state index is 5.19. The van der Waals surface area contributed by atoms with Crippen molar-refractivity contribution in [1.82, 2.24) is 10.6 Å². The van der Waals surface area contributed by atoms with Gasteiger partial charge in [-0.15, -0.1) is 0 Å². The number of ether oxygens (including phenoxy) is 1. The summed E-state index contributed by atoms with van der Waals surface area (Å²) in [5, 5.41) is 7.27. The van der Waals surface area contributed by atoms with Crippen molar-refractivity contribution in [2.24, 2.45) is 5.92 Å². The maximum absolute atomic E-state index is 5.19. The zero-order chi connectivity index (χ0) is 11.1. The molecule has 1 saturated carbocycles. The SMILES string of the molecule is COCCCNC(=S)NC(C)CC1CC1. The number of rotatable bonds is 7. The van der Waals surface area contributed by atoms with E-state index in [1.165, 1.54) is 19.3 Å². The molecule has 0 spiro atoms. The van der Waals surface area contributed by atoms with E-state index >= 15 is 0 Å². The van der Waals surface area contributed by atoms with Gasteiger partial charge in [0.2, 0.25) is 0 Å². The minimum Gasteiger partial charge on any atom is -0.385 e. The van der Waals surface area contributed by atoms with Gasteiger partial charge in [0.15, 0.2) is 5.11 Å². The van der Waals surface area contributed by atoms with E-state index in [1.54, 1.807) is 7.11 Å². The Morgan fingerprint density at radius 2 is 2.27 bits per heavy atom. The van der Waals surface area contributed by atoms with Crippen molar-refractivity contribution in [3.63, 3.8) is 0 Å². The molecule has 0 aromatic heterocycles. The molecule has 1 atom stereocenters. The van der Waals surface area contributed by atoms with Gasteiger partial charge in [-0.2, -0.15) is 0 Å². The van der Waals surface area contributed by atoms with E-state index in [9.17, 15) is 0 Å². The van der Waals surface area contributed by atoms with Gasteiger partial charge in [-0.25, -0.2) is 0 Å². The quantitative estimate of drug-likeness (QED) is 0.515. The molecule has 0 radical (unpaired) electrons. The van der Waals surface area contributed by atoms with Crippen LogP contribution in [0.4, 0.5) is 0 Å². The van der Waals surface area contributed by atoms with E-state index in [2.05, 4.69) is 17.6 Å². The van der Waals surface area contributed by atoms with Crippen LogP contribution in [0.15, 0.2) is 0 Å². The highest BCUT2D eigenvalue weighted by atomic mass is 32.1. The van der Waals surface area contributed by atoms with Crippen LogP contribution >= 0.6 is 12.2 Å². The van der Waals surface area contributed by atoms with Crippen LogP contribution < -0.4 is 10.6 Å². The Balaban J connectivity index is 1.96. The van der Waals surface area contributed by atoms with Crippen molar-refractivity contribution < 1.29 is 4.74 Å². The summed E-state index contributed by atoms with van der Waals surface area (Å²) < 4.78 is 4.96. The molecule has 3 nitrogen and oxygen atoms in total. The minimum atomic E-state index is 0.500. The second-order valence-corrected chi connectivity index (χ2v) is 4.73. The van der Waals surface area contributed by atoms with Crippen molar-refractivity contribution in [1.29, 1.82) is 0 Å². The summed E-state index contributed by atoms with van der Waals surface area (Å²) in [6.07, 6.45) is 5.05. The van der Waals surface area contributed by atoms with E-state index in [0.29, 0.717) is 6.04 Å². The molecular weight excluding hydrogens is 208 g/mol. The molecule has 0 saturated heterocycles. The largest absolute Gasteiger partial charge is 0.385 e. The number of nitrogens with one attached hydrogen (secondary N) is 2. The Kier molecular flexibility index (Phi) is 5.95. The third kappa shape index (κ3) is 6.68. The predicted octanol–water partition coefficient (Wildman–Crippen LogP) is 1.68. The molecule has 0 amide bonds. The van der Waals surface area contributed by atoms with Gasteiger partial charge in [-0.3, -0.25) is 0 Å². The van der Waals surface area contributed by atoms with Gasteiger partial charge in [-0.1, -0.05) is 12.8 Å². The van der Waals surface area contributed by atoms with Crippen molar-refractivity contribution in [2.45, 2.75) is 38.6 Å². The molecule has 1 aliphatic carbocycles. The molecule has 4 heteroatoms. The fourth-order valence-electron chi connectivity index (χ4n) is 1.61. The Labute approximate surface area is 98.0 Å². The van der Waals surface area contributed by atoms with Gasteiger partial charge in [0.1, 0.15) is 0 Å². The minimum absolute atomic E-state index is 0.500. The molecule has 0 bridgehead atoms. The summed E-state index contributed by atoms with van der Waals surface area (Å²) in [7, 11) is 1.72. The van der Waals surface area contributed by atoms with E-state index in [4.69, 9.17) is 17.0 Å². The maximum Gasteiger partial charge on any atom is 0.166 e. The molecule has 1 unspecified atom stereocenters. The molecule has 0 aromatic rings. The summed E-state index contributed by atoms with van der Waals surface area (Å²) >= 11 is 5.19. The van der Waals surface area contributed by atoms with Gasteiger partial charge in [0, 0.05) is 26.3 Å². The molecule has 0 heterocycles. The fourth-order valence-corrected chi connectivity index (χ4v) is 1.91. The highest BCUT2D eigenvalue weighted by molar-refractivity contribution is 7.80. The summed E-state index contributed by atoms with van der Waals surface area (Å²) in [6, 6.07) is 0.500. The van der Waals surface area contributed by atoms with E-state index in [0.717, 1.165) is 30.6 Å². The lowest BCUT2D eigenvalue weighted by Crippen LogP contribution is -2.41. The molecule has 1 rings (SSSR count). The van der Waals surface area contributed by atoms with Crippen LogP contribution in [0, 0.1) is 5.92 Å². The number of thiocarbonyl (C=S) groups is 1. The average molecular weight is 230 g/mol. The van der Waals surface area contributed by atoms with Crippen LogP contribution in [-0.4, -0.2) is 31.4 Å². The van der Waals surface area contributed by atoms with E-state index in [-0.39, 0.29) is 0 Å². The van der Waals surface area contributed by atoms with Crippen molar-refractivity contribution in [3.05, 3.63) is 0 Å². The Bertz CT molecular complexity index is 195. The van der Waals surface area contributed by atoms with Crippen molar-refractivity contribution in [2.75, 3.05) is 20.3 Å². The van der Waals surface area contributed by atoms with Gasteiger partial charge in [0.05, 0.1) is 0 Å². The zero-order valence-corrected chi connectivity index (χ0v) is 10.5. The summed E-state index contributed by atoms with van der Waals surface area (Å²) in [5.74, 6) is 0.948. The molecule has 1 fully saturated rings. The topological polar surface area (TPSA) is 33.3 Å². The first-order valence-electron chi connectivity index (χ1n) is 5.75. The fraction of sp³-hybridized carbons (Fsp3) is 0.909. The van der Waals surface area contributed by atoms with Crippen LogP contribution in [0.25, 0.3) is 0 Å². The molecule has 88 valence electrons. The molecular formula is C11H22N2OS.